The fraction of sp³-hybridized carbons (Fsp3) is 0.308. The molecule has 5 nitrogen and oxygen atoms in total. The molecule has 0 atom stereocenters. The van der Waals surface area contributed by atoms with Gasteiger partial charge >= 0.3 is 5.97 Å². The highest BCUT2D eigenvalue weighted by atomic mass is 16.7. The van der Waals surface area contributed by atoms with Gasteiger partial charge in [-0.1, -0.05) is 18.7 Å². The SMILES string of the molecule is C=CCOc1cccc(C(=O)O)c1C(OC)OC. The molecule has 1 rings (SSSR count). The van der Waals surface area contributed by atoms with Gasteiger partial charge in [-0.05, 0) is 12.1 Å². The largest absolute Gasteiger partial charge is 0.489 e. The van der Waals surface area contributed by atoms with Crippen molar-refractivity contribution in [3.05, 3.63) is 42.0 Å². The van der Waals surface area contributed by atoms with Crippen molar-refractivity contribution in [2.75, 3.05) is 20.8 Å². The first-order valence-electron chi connectivity index (χ1n) is 5.31. The monoisotopic (exact) mass is 252 g/mol. The molecule has 0 spiro atoms. The molecule has 1 aromatic carbocycles. The summed E-state index contributed by atoms with van der Waals surface area (Å²) in [5.74, 6) is -0.656. The zero-order valence-electron chi connectivity index (χ0n) is 10.4. The molecule has 0 amide bonds. The van der Waals surface area contributed by atoms with Crippen LogP contribution in [0, 0.1) is 0 Å². The van der Waals surface area contributed by atoms with Crippen LogP contribution < -0.4 is 4.74 Å². The van der Waals surface area contributed by atoms with Gasteiger partial charge in [-0.2, -0.15) is 0 Å². The first-order valence-corrected chi connectivity index (χ1v) is 5.31. The standard InChI is InChI=1S/C13H16O5/c1-4-8-18-10-7-5-6-9(12(14)15)11(10)13(16-2)17-3/h4-7,13H,1,8H2,2-3H3,(H,14,15). The number of aromatic carboxylic acids is 1. The van der Waals surface area contributed by atoms with Crippen LogP contribution in [0.3, 0.4) is 0 Å². The van der Waals surface area contributed by atoms with Gasteiger partial charge in [-0.25, -0.2) is 4.79 Å². The number of methoxy groups -OCH3 is 2. The molecular weight excluding hydrogens is 236 g/mol. The second-order valence-corrected chi connectivity index (χ2v) is 3.43. The molecule has 0 saturated carbocycles. The third-order valence-electron chi connectivity index (χ3n) is 2.32. The summed E-state index contributed by atoms with van der Waals surface area (Å²) in [6, 6.07) is 4.74. The maximum absolute atomic E-state index is 11.2. The van der Waals surface area contributed by atoms with Gasteiger partial charge in [0.25, 0.3) is 0 Å². The minimum Gasteiger partial charge on any atom is -0.489 e. The molecule has 18 heavy (non-hydrogen) atoms. The van der Waals surface area contributed by atoms with Crippen LogP contribution in [0.1, 0.15) is 22.2 Å². The molecular formula is C13H16O5. The van der Waals surface area contributed by atoms with Crippen LogP contribution in [0.4, 0.5) is 0 Å². The van der Waals surface area contributed by atoms with Crippen molar-refractivity contribution < 1.29 is 24.1 Å². The average molecular weight is 252 g/mol. The molecule has 5 heteroatoms. The lowest BCUT2D eigenvalue weighted by Crippen LogP contribution is -2.13. The van der Waals surface area contributed by atoms with Crippen LogP contribution in [-0.2, 0) is 9.47 Å². The molecule has 0 aliphatic rings. The lowest BCUT2D eigenvalue weighted by atomic mass is 10.1. The predicted octanol–water partition coefficient (Wildman–Crippen LogP) is 2.24. The minimum absolute atomic E-state index is 0.0882. The van der Waals surface area contributed by atoms with E-state index in [1.807, 2.05) is 0 Å². The fourth-order valence-corrected chi connectivity index (χ4v) is 1.58. The normalized spacial score (nSPS) is 10.4. The maximum Gasteiger partial charge on any atom is 0.336 e. The number of carbonyl (C=O) groups is 1. The molecule has 0 aliphatic heterocycles. The maximum atomic E-state index is 11.2. The van der Waals surface area contributed by atoms with Crippen molar-refractivity contribution in [1.82, 2.24) is 0 Å². The van der Waals surface area contributed by atoms with Gasteiger partial charge in [0.1, 0.15) is 12.4 Å². The van der Waals surface area contributed by atoms with E-state index in [4.69, 9.17) is 19.3 Å². The lowest BCUT2D eigenvalue weighted by molar-refractivity contribution is -0.107. The summed E-state index contributed by atoms with van der Waals surface area (Å²) < 4.78 is 15.6. The van der Waals surface area contributed by atoms with Crippen LogP contribution in [0.15, 0.2) is 30.9 Å². The number of hydrogen-bond donors (Lipinski definition) is 1. The molecule has 98 valence electrons. The van der Waals surface area contributed by atoms with Crippen LogP contribution in [0.5, 0.6) is 5.75 Å². The topological polar surface area (TPSA) is 65.0 Å². The Bertz CT molecular complexity index is 423. The third kappa shape index (κ3) is 3.09. The van der Waals surface area contributed by atoms with E-state index in [9.17, 15) is 4.79 Å². The number of rotatable bonds is 7. The van der Waals surface area contributed by atoms with Crippen molar-refractivity contribution in [3.63, 3.8) is 0 Å². The highest BCUT2D eigenvalue weighted by Gasteiger charge is 2.23. The summed E-state index contributed by atoms with van der Waals surface area (Å²) >= 11 is 0. The Morgan fingerprint density at radius 2 is 2.11 bits per heavy atom. The highest BCUT2D eigenvalue weighted by Crippen LogP contribution is 2.31. The third-order valence-corrected chi connectivity index (χ3v) is 2.32. The van der Waals surface area contributed by atoms with E-state index < -0.39 is 12.3 Å². The van der Waals surface area contributed by atoms with Crippen molar-refractivity contribution in [3.8, 4) is 5.75 Å². The summed E-state index contributed by atoms with van der Waals surface area (Å²) in [4.78, 5) is 11.2. The van der Waals surface area contributed by atoms with E-state index in [2.05, 4.69) is 6.58 Å². The van der Waals surface area contributed by atoms with Crippen LogP contribution in [0.25, 0.3) is 0 Å². The average Bonchev–Trinajstić information content (AvgIpc) is 2.38. The predicted molar refractivity (Wildman–Crippen MR) is 65.9 cm³/mol. The lowest BCUT2D eigenvalue weighted by Gasteiger charge is -2.19. The van der Waals surface area contributed by atoms with Crippen LogP contribution >= 0.6 is 0 Å². The van der Waals surface area contributed by atoms with Crippen LogP contribution in [0.2, 0.25) is 0 Å². The molecule has 0 heterocycles. The van der Waals surface area contributed by atoms with Gasteiger partial charge in [0.05, 0.1) is 11.1 Å². The van der Waals surface area contributed by atoms with Crippen molar-refractivity contribution in [2.24, 2.45) is 0 Å². The Balaban J connectivity index is 3.27. The smallest absolute Gasteiger partial charge is 0.336 e. The molecule has 0 aliphatic carbocycles. The molecule has 0 aromatic heterocycles. The molecule has 0 unspecified atom stereocenters. The van der Waals surface area contributed by atoms with E-state index in [0.29, 0.717) is 11.3 Å². The molecule has 1 aromatic rings. The molecule has 0 saturated heterocycles. The summed E-state index contributed by atoms with van der Waals surface area (Å²) in [7, 11) is 2.87. The van der Waals surface area contributed by atoms with E-state index >= 15 is 0 Å². The van der Waals surface area contributed by atoms with E-state index in [0.717, 1.165) is 0 Å². The zero-order valence-corrected chi connectivity index (χ0v) is 10.4. The summed E-state index contributed by atoms with van der Waals surface area (Å²) in [6.45, 7) is 3.82. The second kappa shape index (κ2) is 6.78. The summed E-state index contributed by atoms with van der Waals surface area (Å²) in [5.41, 5.74) is 0.446. The number of hydrogen-bond acceptors (Lipinski definition) is 4. The van der Waals surface area contributed by atoms with E-state index in [1.165, 1.54) is 20.3 Å². The number of carboxylic acids is 1. The quantitative estimate of drug-likeness (QED) is 0.595. The second-order valence-electron chi connectivity index (χ2n) is 3.43. The Morgan fingerprint density at radius 1 is 1.44 bits per heavy atom. The first-order chi connectivity index (χ1) is 8.65. The van der Waals surface area contributed by atoms with E-state index in [-0.39, 0.29) is 12.2 Å². The van der Waals surface area contributed by atoms with Crippen LogP contribution in [-0.4, -0.2) is 31.9 Å². The Morgan fingerprint density at radius 3 is 2.61 bits per heavy atom. The summed E-state index contributed by atoms with van der Waals surface area (Å²) in [5, 5.41) is 9.17. The summed E-state index contributed by atoms with van der Waals surface area (Å²) in [6.07, 6.45) is 0.781. The van der Waals surface area contributed by atoms with Gasteiger partial charge in [0.2, 0.25) is 0 Å². The number of benzene rings is 1. The first kappa shape index (κ1) is 14.2. The van der Waals surface area contributed by atoms with Gasteiger partial charge in [-0.3, -0.25) is 0 Å². The van der Waals surface area contributed by atoms with Gasteiger partial charge < -0.3 is 19.3 Å². The van der Waals surface area contributed by atoms with Crippen molar-refractivity contribution >= 4 is 5.97 Å². The molecule has 1 N–H and O–H groups in total. The van der Waals surface area contributed by atoms with Gasteiger partial charge in [0.15, 0.2) is 6.29 Å². The van der Waals surface area contributed by atoms with E-state index in [1.54, 1.807) is 18.2 Å². The number of ether oxygens (including phenoxy) is 3. The molecule has 0 radical (unpaired) electrons. The minimum atomic E-state index is -1.06. The Kier molecular flexibility index (Phi) is 5.35. The van der Waals surface area contributed by atoms with Gasteiger partial charge in [-0.15, -0.1) is 0 Å². The highest BCUT2D eigenvalue weighted by molar-refractivity contribution is 5.90. The van der Waals surface area contributed by atoms with Crippen molar-refractivity contribution in [1.29, 1.82) is 0 Å². The fourth-order valence-electron chi connectivity index (χ4n) is 1.58. The molecule has 0 fully saturated rings. The Hall–Kier alpha value is -1.85. The Labute approximate surface area is 106 Å². The van der Waals surface area contributed by atoms with Crippen molar-refractivity contribution in [2.45, 2.75) is 6.29 Å². The number of carboxylic acid groups (broad SMARTS) is 1. The van der Waals surface area contributed by atoms with Gasteiger partial charge in [0, 0.05) is 14.2 Å². The molecule has 0 bridgehead atoms. The zero-order chi connectivity index (χ0) is 13.5.